The minimum Gasteiger partial charge on any atom is -0.494 e. The van der Waals surface area contributed by atoms with Gasteiger partial charge in [-0.25, -0.2) is 0 Å². The molecule has 1 amide bonds. The van der Waals surface area contributed by atoms with Gasteiger partial charge < -0.3 is 14.8 Å². The molecule has 0 spiro atoms. The molecule has 1 aliphatic heterocycles. The lowest BCUT2D eigenvalue weighted by Gasteiger charge is -2.26. The second-order valence-corrected chi connectivity index (χ2v) is 7.82. The van der Waals surface area contributed by atoms with Gasteiger partial charge in [-0.15, -0.1) is 0 Å². The summed E-state index contributed by atoms with van der Waals surface area (Å²) in [5, 5.41) is 5.94. The number of aromatic nitrogens is 1. The van der Waals surface area contributed by atoms with Crippen LogP contribution in [0.25, 0.3) is 0 Å². The van der Waals surface area contributed by atoms with Crippen LogP contribution in [0.3, 0.4) is 0 Å². The topological polar surface area (TPSA) is 75.7 Å². The van der Waals surface area contributed by atoms with Crippen LogP contribution in [0, 0.1) is 0 Å². The molecule has 166 valence electrons. The average molecular weight is 443 g/mol. The molecular formula is C23H30N4O3S. The van der Waals surface area contributed by atoms with Gasteiger partial charge in [0.25, 0.3) is 5.91 Å². The van der Waals surface area contributed by atoms with Crippen LogP contribution in [-0.4, -0.2) is 53.8 Å². The van der Waals surface area contributed by atoms with Gasteiger partial charge in [0, 0.05) is 31.5 Å². The number of carbonyl (C=O) groups is 1. The summed E-state index contributed by atoms with van der Waals surface area (Å²) >= 11 is 5.26. The fraction of sp³-hybridized carbons (Fsp3) is 0.435. The highest BCUT2D eigenvalue weighted by atomic mass is 32.1. The molecule has 2 heterocycles. The van der Waals surface area contributed by atoms with Crippen molar-refractivity contribution in [1.29, 1.82) is 0 Å². The van der Waals surface area contributed by atoms with E-state index in [0.29, 0.717) is 12.2 Å². The van der Waals surface area contributed by atoms with Crippen molar-refractivity contribution in [2.24, 2.45) is 0 Å². The first-order valence-electron chi connectivity index (χ1n) is 10.7. The van der Waals surface area contributed by atoms with Gasteiger partial charge in [0.1, 0.15) is 5.75 Å². The number of pyridine rings is 1. The lowest BCUT2D eigenvalue weighted by Crippen LogP contribution is -2.36. The second kappa shape index (κ2) is 12.3. The minimum atomic E-state index is -0.293. The fourth-order valence-corrected chi connectivity index (χ4v) is 3.37. The Balaban J connectivity index is 1.43. The summed E-state index contributed by atoms with van der Waals surface area (Å²) < 4.78 is 11.1. The van der Waals surface area contributed by atoms with E-state index < -0.39 is 0 Å². The molecule has 2 aromatic rings. The lowest BCUT2D eigenvalue weighted by atomic mass is 10.2. The molecule has 0 atom stereocenters. The second-order valence-electron chi connectivity index (χ2n) is 7.41. The number of morpholine rings is 1. The van der Waals surface area contributed by atoms with Gasteiger partial charge in [-0.05, 0) is 55.0 Å². The first-order chi connectivity index (χ1) is 15.1. The molecule has 8 heteroatoms. The van der Waals surface area contributed by atoms with Gasteiger partial charge in [-0.1, -0.05) is 19.8 Å². The van der Waals surface area contributed by atoms with Crippen molar-refractivity contribution in [2.75, 3.05) is 38.2 Å². The van der Waals surface area contributed by atoms with E-state index in [2.05, 4.69) is 27.4 Å². The smallest absolute Gasteiger partial charge is 0.258 e. The number of rotatable bonds is 9. The van der Waals surface area contributed by atoms with Crippen LogP contribution in [0.15, 0.2) is 42.6 Å². The number of hydrogen-bond acceptors (Lipinski definition) is 6. The number of benzene rings is 1. The van der Waals surface area contributed by atoms with Gasteiger partial charge in [0.15, 0.2) is 5.11 Å². The Morgan fingerprint density at radius 2 is 1.94 bits per heavy atom. The van der Waals surface area contributed by atoms with Crippen LogP contribution in [0.5, 0.6) is 5.75 Å². The fourth-order valence-electron chi connectivity index (χ4n) is 3.15. The Morgan fingerprint density at radius 1 is 1.16 bits per heavy atom. The standard InChI is InChI=1S/C23H30N4O3S/c1-2-3-4-13-30-21-9-7-19(8-10-21)25-23(31)26-22(28)18-5-6-20(24-16-18)17-27-11-14-29-15-12-27/h5-10,16H,2-4,11-15,17H2,1H3,(H2,25,26,28,31). The molecule has 31 heavy (non-hydrogen) atoms. The van der Waals surface area contributed by atoms with Crippen molar-refractivity contribution in [3.8, 4) is 5.75 Å². The third-order valence-electron chi connectivity index (χ3n) is 4.93. The van der Waals surface area contributed by atoms with Crippen molar-refractivity contribution < 1.29 is 14.3 Å². The normalized spacial score (nSPS) is 14.1. The third kappa shape index (κ3) is 7.90. The van der Waals surface area contributed by atoms with E-state index in [1.165, 1.54) is 12.8 Å². The minimum absolute atomic E-state index is 0.235. The summed E-state index contributed by atoms with van der Waals surface area (Å²) in [4.78, 5) is 19.1. The molecule has 3 rings (SSSR count). The number of amides is 1. The van der Waals surface area contributed by atoms with Crippen LogP contribution in [0.1, 0.15) is 42.2 Å². The van der Waals surface area contributed by atoms with E-state index in [4.69, 9.17) is 21.7 Å². The quantitative estimate of drug-likeness (QED) is 0.454. The molecule has 0 unspecified atom stereocenters. The van der Waals surface area contributed by atoms with Crippen LogP contribution < -0.4 is 15.4 Å². The number of nitrogens with zero attached hydrogens (tertiary/aromatic N) is 2. The van der Waals surface area contributed by atoms with Crippen molar-refractivity contribution in [2.45, 2.75) is 32.7 Å². The maximum absolute atomic E-state index is 12.4. The molecule has 7 nitrogen and oxygen atoms in total. The number of thiocarbonyl (C=S) groups is 1. The highest BCUT2D eigenvalue weighted by molar-refractivity contribution is 7.80. The molecule has 0 aliphatic carbocycles. The monoisotopic (exact) mass is 442 g/mol. The first kappa shape index (κ1) is 23.1. The van der Waals surface area contributed by atoms with E-state index in [-0.39, 0.29) is 11.0 Å². The number of carbonyl (C=O) groups excluding carboxylic acids is 1. The Morgan fingerprint density at radius 3 is 2.61 bits per heavy atom. The maximum Gasteiger partial charge on any atom is 0.258 e. The Kier molecular flexibility index (Phi) is 9.20. The molecule has 1 fully saturated rings. The summed E-state index contributed by atoms with van der Waals surface area (Å²) in [5.74, 6) is 0.527. The Hall–Kier alpha value is -2.55. The zero-order valence-electron chi connectivity index (χ0n) is 17.9. The molecule has 0 radical (unpaired) electrons. The molecule has 0 bridgehead atoms. The van der Waals surface area contributed by atoms with E-state index in [9.17, 15) is 4.79 Å². The van der Waals surface area contributed by atoms with Crippen LogP contribution in [-0.2, 0) is 11.3 Å². The number of anilines is 1. The summed E-state index contributed by atoms with van der Waals surface area (Å²) in [7, 11) is 0. The van der Waals surface area contributed by atoms with Crippen LogP contribution in [0.4, 0.5) is 5.69 Å². The summed E-state index contributed by atoms with van der Waals surface area (Å²) in [5.41, 5.74) is 2.17. The summed E-state index contributed by atoms with van der Waals surface area (Å²) in [6.07, 6.45) is 4.97. The van der Waals surface area contributed by atoms with Crippen molar-refractivity contribution in [1.82, 2.24) is 15.2 Å². The predicted molar refractivity (Wildman–Crippen MR) is 125 cm³/mol. The zero-order chi connectivity index (χ0) is 21.9. The Labute approximate surface area is 189 Å². The highest BCUT2D eigenvalue weighted by Crippen LogP contribution is 2.16. The maximum atomic E-state index is 12.4. The van der Waals surface area contributed by atoms with Gasteiger partial charge in [-0.2, -0.15) is 0 Å². The van der Waals surface area contributed by atoms with Crippen LogP contribution in [0.2, 0.25) is 0 Å². The van der Waals surface area contributed by atoms with Crippen LogP contribution >= 0.6 is 12.2 Å². The van der Waals surface area contributed by atoms with Crippen molar-refractivity contribution >= 4 is 28.9 Å². The molecular weight excluding hydrogens is 412 g/mol. The Bertz CT molecular complexity index is 837. The number of nitrogens with one attached hydrogen (secondary N) is 2. The SMILES string of the molecule is CCCCCOc1ccc(NC(=S)NC(=O)c2ccc(CN3CCOCC3)nc2)cc1. The van der Waals surface area contributed by atoms with Gasteiger partial charge >= 0.3 is 0 Å². The van der Waals surface area contributed by atoms with Gasteiger partial charge in [-0.3, -0.25) is 20.0 Å². The molecule has 1 aromatic carbocycles. The predicted octanol–water partition coefficient (Wildman–Crippen LogP) is 3.61. The van der Waals surface area contributed by atoms with Crippen molar-refractivity contribution in [3.05, 3.63) is 53.9 Å². The average Bonchev–Trinajstić information content (AvgIpc) is 2.79. The van der Waals surface area contributed by atoms with E-state index >= 15 is 0 Å². The number of ether oxygens (including phenoxy) is 2. The molecule has 1 saturated heterocycles. The third-order valence-corrected chi connectivity index (χ3v) is 5.14. The molecule has 2 N–H and O–H groups in total. The van der Waals surface area contributed by atoms with Gasteiger partial charge in [0.2, 0.25) is 0 Å². The zero-order valence-corrected chi connectivity index (χ0v) is 18.7. The molecule has 1 aliphatic rings. The largest absolute Gasteiger partial charge is 0.494 e. The highest BCUT2D eigenvalue weighted by Gasteiger charge is 2.13. The molecule has 0 saturated carbocycles. The van der Waals surface area contributed by atoms with Gasteiger partial charge in [0.05, 0.1) is 31.1 Å². The summed E-state index contributed by atoms with van der Waals surface area (Å²) in [6, 6.07) is 11.2. The van der Waals surface area contributed by atoms with Crippen molar-refractivity contribution in [3.63, 3.8) is 0 Å². The molecule has 1 aromatic heterocycles. The number of hydrogen-bond donors (Lipinski definition) is 2. The van der Waals surface area contributed by atoms with E-state index in [0.717, 1.165) is 56.4 Å². The lowest BCUT2D eigenvalue weighted by molar-refractivity contribution is 0.0336. The number of unbranched alkanes of at least 4 members (excludes halogenated alkanes) is 2. The summed E-state index contributed by atoms with van der Waals surface area (Å²) in [6.45, 7) is 6.93. The van der Waals surface area contributed by atoms with E-state index in [1.54, 1.807) is 12.3 Å². The van der Waals surface area contributed by atoms with E-state index in [1.807, 2.05) is 30.3 Å². The first-order valence-corrected chi connectivity index (χ1v) is 11.1.